The molecule has 6 nitrogen and oxygen atoms in total. The van der Waals surface area contributed by atoms with Crippen LogP contribution in [0.4, 0.5) is 5.13 Å². The van der Waals surface area contributed by atoms with E-state index >= 15 is 0 Å². The number of aryl methyl sites for hydroxylation is 2. The Morgan fingerprint density at radius 3 is 2.81 bits per heavy atom. The fraction of sp³-hybridized carbons (Fsp3) is 0.150. The maximum atomic E-state index is 12.2. The number of thiazole rings is 1. The van der Waals surface area contributed by atoms with Gasteiger partial charge in [-0.05, 0) is 26.0 Å². The van der Waals surface area contributed by atoms with E-state index in [2.05, 4.69) is 15.3 Å². The number of aromatic nitrogens is 3. The fourth-order valence-corrected chi connectivity index (χ4v) is 3.44. The van der Waals surface area contributed by atoms with E-state index in [-0.39, 0.29) is 12.5 Å². The minimum absolute atomic E-state index is 0.106. The van der Waals surface area contributed by atoms with Gasteiger partial charge in [0, 0.05) is 23.3 Å². The van der Waals surface area contributed by atoms with Crippen molar-refractivity contribution >= 4 is 28.0 Å². The summed E-state index contributed by atoms with van der Waals surface area (Å²) in [4.78, 5) is 21.1. The summed E-state index contributed by atoms with van der Waals surface area (Å²) in [5.74, 6) is 0.310. The first-order valence-electron chi connectivity index (χ1n) is 8.48. The van der Waals surface area contributed by atoms with Crippen LogP contribution in [0.25, 0.3) is 16.9 Å². The number of rotatable bonds is 5. The Kier molecular flexibility index (Phi) is 4.60. The lowest BCUT2D eigenvalue weighted by atomic mass is 10.1. The molecule has 1 aromatic carbocycles. The lowest BCUT2D eigenvalue weighted by Gasteiger charge is -2.06. The van der Waals surface area contributed by atoms with Crippen molar-refractivity contribution in [2.75, 3.05) is 11.9 Å². The van der Waals surface area contributed by atoms with E-state index in [1.54, 1.807) is 6.07 Å². The zero-order valence-corrected chi connectivity index (χ0v) is 15.8. The highest BCUT2D eigenvalue weighted by Crippen LogP contribution is 2.25. The van der Waals surface area contributed by atoms with Crippen LogP contribution in [0.5, 0.6) is 5.75 Å². The highest BCUT2D eigenvalue weighted by molar-refractivity contribution is 7.14. The topological polar surface area (TPSA) is 68.5 Å². The van der Waals surface area contributed by atoms with Crippen LogP contribution in [0, 0.1) is 13.8 Å². The second kappa shape index (κ2) is 7.20. The Balaban J connectivity index is 1.40. The minimum atomic E-state index is -0.259. The van der Waals surface area contributed by atoms with Crippen molar-refractivity contribution in [3.05, 3.63) is 65.4 Å². The molecule has 0 aliphatic rings. The first-order chi connectivity index (χ1) is 13.1. The van der Waals surface area contributed by atoms with Crippen LogP contribution >= 0.6 is 11.3 Å². The van der Waals surface area contributed by atoms with Crippen molar-refractivity contribution in [2.24, 2.45) is 0 Å². The number of benzene rings is 1. The second-order valence-electron chi connectivity index (χ2n) is 6.23. The number of nitrogens with zero attached hydrogens (tertiary/aromatic N) is 3. The van der Waals surface area contributed by atoms with Crippen molar-refractivity contribution in [3.8, 4) is 17.0 Å². The molecule has 0 aliphatic carbocycles. The van der Waals surface area contributed by atoms with Gasteiger partial charge in [-0.25, -0.2) is 9.97 Å². The molecule has 0 saturated carbocycles. The first-order valence-corrected chi connectivity index (χ1v) is 9.36. The molecule has 0 aliphatic heterocycles. The van der Waals surface area contributed by atoms with Gasteiger partial charge in [-0.3, -0.25) is 10.1 Å². The number of carbonyl (C=O) groups excluding carboxylic acids is 1. The van der Waals surface area contributed by atoms with E-state index in [1.165, 1.54) is 16.9 Å². The van der Waals surface area contributed by atoms with Gasteiger partial charge in [0.15, 0.2) is 23.1 Å². The molecule has 136 valence electrons. The van der Waals surface area contributed by atoms with E-state index in [4.69, 9.17) is 4.74 Å². The molecule has 4 aromatic rings. The van der Waals surface area contributed by atoms with Crippen LogP contribution in [0.3, 0.4) is 0 Å². The average molecular weight is 378 g/mol. The molecule has 1 N–H and O–H groups in total. The molecule has 0 saturated heterocycles. The van der Waals surface area contributed by atoms with Crippen molar-refractivity contribution in [2.45, 2.75) is 13.8 Å². The van der Waals surface area contributed by atoms with Crippen molar-refractivity contribution in [3.63, 3.8) is 0 Å². The normalized spacial score (nSPS) is 10.9. The number of fused-ring (bicyclic) bond motifs is 1. The Morgan fingerprint density at radius 2 is 2.00 bits per heavy atom. The molecule has 1 amide bonds. The van der Waals surface area contributed by atoms with Crippen molar-refractivity contribution < 1.29 is 9.53 Å². The summed E-state index contributed by atoms with van der Waals surface area (Å²) in [5, 5.41) is 5.26. The van der Waals surface area contributed by atoms with Crippen LogP contribution in [0.15, 0.2) is 54.2 Å². The zero-order valence-electron chi connectivity index (χ0n) is 15.0. The first kappa shape index (κ1) is 17.2. The highest BCUT2D eigenvalue weighted by atomic mass is 32.1. The predicted octanol–water partition coefficient (Wildman–Crippen LogP) is 4.09. The molecule has 27 heavy (non-hydrogen) atoms. The molecule has 0 bridgehead atoms. The molecule has 4 rings (SSSR count). The number of amides is 1. The largest absolute Gasteiger partial charge is 0.480 e. The van der Waals surface area contributed by atoms with E-state index < -0.39 is 0 Å². The molecule has 7 heteroatoms. The Bertz CT molecular complexity index is 1100. The van der Waals surface area contributed by atoms with Crippen LogP contribution in [0.1, 0.15) is 11.3 Å². The van der Waals surface area contributed by atoms with Gasteiger partial charge in [0.1, 0.15) is 0 Å². The van der Waals surface area contributed by atoms with Crippen LogP contribution < -0.4 is 10.1 Å². The van der Waals surface area contributed by atoms with E-state index in [1.807, 2.05) is 66.4 Å². The molecule has 0 atom stereocenters. The van der Waals surface area contributed by atoms with Gasteiger partial charge in [-0.1, -0.05) is 29.8 Å². The molecule has 0 fully saturated rings. The van der Waals surface area contributed by atoms with Crippen LogP contribution in [-0.4, -0.2) is 26.9 Å². The average Bonchev–Trinajstić information content (AvgIpc) is 3.26. The third-order valence-corrected chi connectivity index (χ3v) is 4.78. The van der Waals surface area contributed by atoms with Gasteiger partial charge in [-0.2, -0.15) is 0 Å². The monoisotopic (exact) mass is 378 g/mol. The molecular weight excluding hydrogens is 360 g/mol. The highest BCUT2D eigenvalue weighted by Gasteiger charge is 2.11. The summed E-state index contributed by atoms with van der Waals surface area (Å²) in [6.45, 7) is 3.85. The zero-order chi connectivity index (χ0) is 18.8. The molecule has 3 aromatic heterocycles. The summed E-state index contributed by atoms with van der Waals surface area (Å²) in [7, 11) is 0. The summed E-state index contributed by atoms with van der Waals surface area (Å²) in [6, 6.07) is 11.8. The van der Waals surface area contributed by atoms with Crippen molar-refractivity contribution in [1.29, 1.82) is 0 Å². The minimum Gasteiger partial charge on any atom is -0.480 e. The van der Waals surface area contributed by atoms with Gasteiger partial charge in [0.05, 0.1) is 11.4 Å². The maximum Gasteiger partial charge on any atom is 0.264 e. The predicted molar refractivity (Wildman–Crippen MR) is 106 cm³/mol. The number of ether oxygens (including phenoxy) is 1. The van der Waals surface area contributed by atoms with Crippen LogP contribution in [0.2, 0.25) is 0 Å². The lowest BCUT2D eigenvalue weighted by Crippen LogP contribution is -2.20. The number of anilines is 1. The third kappa shape index (κ3) is 3.83. The van der Waals surface area contributed by atoms with E-state index in [0.29, 0.717) is 16.5 Å². The molecule has 3 heterocycles. The standard InChI is InChI=1S/C20H18N4O2S/c1-13-5-7-15(8-6-13)16-12-27-20(22-16)23-18(25)11-26-17-4-3-9-24-10-14(2)21-19(17)24/h3-10,12H,11H2,1-2H3,(H,22,23,25). The third-order valence-electron chi connectivity index (χ3n) is 4.02. The second-order valence-corrected chi connectivity index (χ2v) is 7.08. The Labute approximate surface area is 160 Å². The number of hydrogen-bond donors (Lipinski definition) is 1. The molecular formula is C20H18N4O2S. The summed E-state index contributed by atoms with van der Waals surface area (Å²) < 4.78 is 7.52. The summed E-state index contributed by atoms with van der Waals surface area (Å²) >= 11 is 1.39. The van der Waals surface area contributed by atoms with Crippen LogP contribution in [-0.2, 0) is 4.79 Å². The Morgan fingerprint density at radius 1 is 1.19 bits per heavy atom. The number of nitrogens with one attached hydrogen (secondary N) is 1. The van der Waals surface area contributed by atoms with Crippen molar-refractivity contribution in [1.82, 2.24) is 14.4 Å². The number of carbonyl (C=O) groups is 1. The maximum absolute atomic E-state index is 12.2. The number of pyridine rings is 1. The van der Waals surface area contributed by atoms with E-state index in [9.17, 15) is 4.79 Å². The Hall–Kier alpha value is -3.19. The quantitative estimate of drug-likeness (QED) is 0.568. The molecule has 0 unspecified atom stereocenters. The summed E-state index contributed by atoms with van der Waals surface area (Å²) in [5.41, 5.74) is 4.65. The van der Waals surface area contributed by atoms with Gasteiger partial charge in [0.2, 0.25) is 0 Å². The SMILES string of the molecule is Cc1ccc(-c2csc(NC(=O)COc3cccn4cc(C)nc34)n2)cc1. The fourth-order valence-electron chi connectivity index (χ4n) is 2.71. The molecule has 0 spiro atoms. The van der Waals surface area contributed by atoms with Gasteiger partial charge >= 0.3 is 0 Å². The van der Waals surface area contributed by atoms with E-state index in [0.717, 1.165) is 17.0 Å². The number of imidazole rings is 1. The van der Waals surface area contributed by atoms with Gasteiger partial charge in [0.25, 0.3) is 5.91 Å². The van der Waals surface area contributed by atoms with Gasteiger partial charge in [-0.15, -0.1) is 11.3 Å². The van der Waals surface area contributed by atoms with Gasteiger partial charge < -0.3 is 9.14 Å². The molecule has 0 radical (unpaired) electrons. The smallest absolute Gasteiger partial charge is 0.264 e. The lowest BCUT2D eigenvalue weighted by molar-refractivity contribution is -0.118. The summed E-state index contributed by atoms with van der Waals surface area (Å²) in [6.07, 6.45) is 3.80. The number of hydrogen-bond acceptors (Lipinski definition) is 5.